The van der Waals surface area contributed by atoms with Gasteiger partial charge in [-0.05, 0) is 56.3 Å². The first-order valence-corrected chi connectivity index (χ1v) is 17.3. The van der Waals surface area contributed by atoms with Gasteiger partial charge in [-0.3, -0.25) is 0 Å². The Labute approximate surface area is 286 Å². The molecule has 0 aliphatic carbocycles. The standard InChI is InChI=1S/C45H27N3S/c1-3-10-28(11-4-1)32-20-21-34-27-35(23-22-33(34)26-32)44-46-43(31-13-5-2-6-14-31)47-45(48-44)38-16-9-17-39-41(38)37-25-24-30-19-18-29-12-7-8-15-36(29)40(30)42(37)49-39/h1-27H. The zero-order valence-electron chi connectivity index (χ0n) is 26.3. The molecule has 228 valence electrons. The molecule has 0 radical (unpaired) electrons. The number of benzene rings is 8. The van der Waals surface area contributed by atoms with Gasteiger partial charge in [-0.1, -0.05) is 146 Å². The van der Waals surface area contributed by atoms with E-state index in [0.29, 0.717) is 17.5 Å². The van der Waals surface area contributed by atoms with Crippen LogP contribution in [0.1, 0.15) is 0 Å². The average Bonchev–Trinajstić information content (AvgIpc) is 3.57. The molecule has 49 heavy (non-hydrogen) atoms. The first-order chi connectivity index (χ1) is 24.3. The maximum Gasteiger partial charge on any atom is 0.164 e. The molecule has 0 bridgehead atoms. The van der Waals surface area contributed by atoms with E-state index >= 15 is 0 Å². The number of thiophene rings is 1. The fourth-order valence-electron chi connectivity index (χ4n) is 7.09. The van der Waals surface area contributed by atoms with Crippen molar-refractivity contribution in [2.24, 2.45) is 0 Å². The maximum atomic E-state index is 5.20. The number of nitrogens with zero attached hydrogens (tertiary/aromatic N) is 3. The van der Waals surface area contributed by atoms with Crippen LogP contribution < -0.4 is 0 Å². The van der Waals surface area contributed by atoms with Crippen molar-refractivity contribution in [2.75, 3.05) is 0 Å². The summed E-state index contributed by atoms with van der Waals surface area (Å²) >= 11 is 1.85. The third kappa shape index (κ3) is 4.68. The zero-order valence-corrected chi connectivity index (χ0v) is 27.2. The Morgan fingerprint density at radius 2 is 0.959 bits per heavy atom. The second kappa shape index (κ2) is 11.2. The van der Waals surface area contributed by atoms with Gasteiger partial charge in [-0.2, -0.15) is 0 Å². The van der Waals surface area contributed by atoms with E-state index in [2.05, 4.69) is 146 Å². The highest BCUT2D eigenvalue weighted by Crippen LogP contribution is 2.44. The minimum absolute atomic E-state index is 0.658. The van der Waals surface area contributed by atoms with Gasteiger partial charge in [0.05, 0.1) is 0 Å². The van der Waals surface area contributed by atoms with Crippen LogP contribution in [0, 0.1) is 0 Å². The van der Waals surface area contributed by atoms with Crippen LogP contribution in [0.3, 0.4) is 0 Å². The van der Waals surface area contributed by atoms with Crippen molar-refractivity contribution >= 4 is 63.8 Å². The first-order valence-electron chi connectivity index (χ1n) is 16.4. The lowest BCUT2D eigenvalue weighted by atomic mass is 9.98. The van der Waals surface area contributed by atoms with Crippen molar-refractivity contribution in [3.8, 4) is 45.3 Å². The van der Waals surface area contributed by atoms with E-state index in [9.17, 15) is 0 Å². The summed E-state index contributed by atoms with van der Waals surface area (Å²) in [6.45, 7) is 0. The van der Waals surface area contributed by atoms with E-state index < -0.39 is 0 Å². The molecular formula is C45H27N3S. The summed E-state index contributed by atoms with van der Waals surface area (Å²) in [5, 5.41) is 9.81. The molecule has 0 spiro atoms. The Balaban J connectivity index is 1.18. The second-order valence-corrected chi connectivity index (χ2v) is 13.5. The third-order valence-corrected chi connectivity index (χ3v) is 10.7. The van der Waals surface area contributed by atoms with Crippen molar-refractivity contribution in [2.45, 2.75) is 0 Å². The molecular weight excluding hydrogens is 615 g/mol. The summed E-state index contributed by atoms with van der Waals surface area (Å²) < 4.78 is 2.51. The quantitative estimate of drug-likeness (QED) is 0.180. The van der Waals surface area contributed by atoms with Gasteiger partial charge in [0.2, 0.25) is 0 Å². The lowest BCUT2D eigenvalue weighted by molar-refractivity contribution is 1.08. The molecule has 0 saturated carbocycles. The first kappa shape index (κ1) is 27.8. The van der Waals surface area contributed by atoms with Gasteiger partial charge in [-0.25, -0.2) is 15.0 Å². The fraction of sp³-hybridized carbons (Fsp3) is 0. The highest BCUT2D eigenvalue weighted by atomic mass is 32.1. The summed E-state index contributed by atoms with van der Waals surface area (Å²) in [5.41, 5.74) is 5.34. The van der Waals surface area contributed by atoms with E-state index in [4.69, 9.17) is 15.0 Å². The number of aromatic nitrogens is 3. The van der Waals surface area contributed by atoms with Gasteiger partial charge in [0.1, 0.15) is 0 Å². The lowest BCUT2D eigenvalue weighted by Crippen LogP contribution is -2.00. The third-order valence-electron chi connectivity index (χ3n) is 9.48. The van der Waals surface area contributed by atoms with Crippen molar-refractivity contribution in [3.05, 3.63) is 164 Å². The van der Waals surface area contributed by atoms with E-state index in [1.54, 1.807) is 0 Å². The second-order valence-electron chi connectivity index (χ2n) is 12.4. The van der Waals surface area contributed by atoms with Gasteiger partial charge < -0.3 is 0 Å². The topological polar surface area (TPSA) is 38.7 Å². The Bertz CT molecular complexity index is 2880. The van der Waals surface area contributed by atoms with Crippen LogP contribution in [-0.4, -0.2) is 15.0 Å². The van der Waals surface area contributed by atoms with Crippen molar-refractivity contribution in [1.82, 2.24) is 15.0 Å². The van der Waals surface area contributed by atoms with Gasteiger partial charge >= 0.3 is 0 Å². The zero-order chi connectivity index (χ0) is 32.3. The molecule has 0 aliphatic heterocycles. The van der Waals surface area contributed by atoms with Gasteiger partial charge in [0.15, 0.2) is 17.5 Å². The summed E-state index contributed by atoms with van der Waals surface area (Å²) in [4.78, 5) is 15.4. The summed E-state index contributed by atoms with van der Waals surface area (Å²) in [6.07, 6.45) is 0. The van der Waals surface area contributed by atoms with Crippen molar-refractivity contribution in [1.29, 1.82) is 0 Å². The van der Waals surface area contributed by atoms with Crippen LogP contribution >= 0.6 is 11.3 Å². The molecule has 0 atom stereocenters. The monoisotopic (exact) mass is 641 g/mol. The average molecular weight is 642 g/mol. The van der Waals surface area contributed by atoms with E-state index in [0.717, 1.165) is 22.1 Å². The number of hydrogen-bond acceptors (Lipinski definition) is 4. The molecule has 0 N–H and O–H groups in total. The highest BCUT2D eigenvalue weighted by molar-refractivity contribution is 7.27. The Morgan fingerprint density at radius 1 is 0.347 bits per heavy atom. The highest BCUT2D eigenvalue weighted by Gasteiger charge is 2.18. The fourth-order valence-corrected chi connectivity index (χ4v) is 8.39. The molecule has 10 aromatic rings. The summed E-state index contributed by atoms with van der Waals surface area (Å²) in [6, 6.07) is 57.9. The Hall–Kier alpha value is -6.23. The molecule has 0 saturated heterocycles. The Kier molecular flexibility index (Phi) is 6.36. The SMILES string of the molecule is c1ccc(-c2ccc3cc(-c4nc(-c5ccccc5)nc(-c5cccc6sc7c(ccc8ccc9ccccc9c87)c56)n4)ccc3c2)cc1. The summed E-state index contributed by atoms with van der Waals surface area (Å²) in [7, 11) is 0. The van der Waals surface area contributed by atoms with Crippen LogP contribution in [0.2, 0.25) is 0 Å². The smallest absolute Gasteiger partial charge is 0.164 e. The van der Waals surface area contributed by atoms with Crippen LogP contribution in [0.25, 0.3) is 97.8 Å². The molecule has 3 nitrogen and oxygen atoms in total. The molecule has 2 aromatic heterocycles. The molecule has 0 aliphatic rings. The Morgan fingerprint density at radius 3 is 1.78 bits per heavy atom. The molecule has 10 rings (SSSR count). The van der Waals surface area contributed by atoms with E-state index in [-0.39, 0.29) is 0 Å². The molecule has 0 amide bonds. The van der Waals surface area contributed by atoms with E-state index in [1.165, 1.54) is 58.2 Å². The molecule has 2 heterocycles. The van der Waals surface area contributed by atoms with E-state index in [1.807, 2.05) is 29.5 Å². The number of fused-ring (bicyclic) bond motifs is 8. The maximum absolute atomic E-state index is 5.20. The van der Waals surface area contributed by atoms with Crippen LogP contribution in [0.15, 0.2) is 164 Å². The normalized spacial score (nSPS) is 11.7. The molecule has 8 aromatic carbocycles. The summed E-state index contributed by atoms with van der Waals surface area (Å²) in [5.74, 6) is 1.99. The number of rotatable bonds is 4. The van der Waals surface area contributed by atoms with Crippen molar-refractivity contribution in [3.63, 3.8) is 0 Å². The minimum atomic E-state index is 0.658. The van der Waals surface area contributed by atoms with Crippen molar-refractivity contribution < 1.29 is 0 Å². The predicted octanol–water partition coefficient (Wildman–Crippen LogP) is 12.4. The molecule has 4 heteroatoms. The van der Waals surface area contributed by atoms with Crippen LogP contribution in [0.5, 0.6) is 0 Å². The lowest BCUT2D eigenvalue weighted by Gasteiger charge is -2.11. The van der Waals surface area contributed by atoms with Gasteiger partial charge in [0, 0.05) is 42.2 Å². The predicted molar refractivity (Wildman–Crippen MR) is 207 cm³/mol. The largest absolute Gasteiger partial charge is 0.208 e. The van der Waals surface area contributed by atoms with Gasteiger partial charge in [0.25, 0.3) is 0 Å². The molecule has 0 fully saturated rings. The molecule has 0 unspecified atom stereocenters. The number of hydrogen-bond donors (Lipinski definition) is 0. The van der Waals surface area contributed by atoms with Gasteiger partial charge in [-0.15, -0.1) is 11.3 Å². The minimum Gasteiger partial charge on any atom is -0.208 e. The van der Waals surface area contributed by atoms with Crippen LogP contribution in [0.4, 0.5) is 0 Å². The van der Waals surface area contributed by atoms with Crippen LogP contribution in [-0.2, 0) is 0 Å².